The monoisotopic (exact) mass is 273 g/mol. The summed E-state index contributed by atoms with van der Waals surface area (Å²) in [5.41, 5.74) is 0. The molecular formula is C2HNO9Zr. The predicted octanol–water partition coefficient (Wildman–Crippen LogP) is -5.24. The van der Waals surface area contributed by atoms with Crippen LogP contribution in [0.15, 0.2) is 0 Å². The Bertz CT molecular complexity index is 115. The first-order chi connectivity index (χ1) is 5.20. The summed E-state index contributed by atoms with van der Waals surface area (Å²) in [4.78, 5) is 25.0. The molecule has 0 fully saturated rings. The number of carboxylic acid groups (broad SMARTS) is 4. The van der Waals surface area contributed by atoms with E-state index < -0.39 is 17.4 Å². The molecule has 10 nitrogen and oxygen atoms in total. The zero-order chi connectivity index (χ0) is 10.7. The summed E-state index contributed by atoms with van der Waals surface area (Å²) < 4.78 is 0. The number of hydrogen-bond acceptors (Lipinski definition) is 8. The van der Waals surface area contributed by atoms with Crippen molar-refractivity contribution in [1.82, 2.24) is 0 Å². The largest absolute Gasteiger partial charge is 4.00 e. The molecule has 0 aliphatic carbocycles. The number of carbonyl (C=O) groups excluding carboxylic acids is 2. The minimum Gasteiger partial charge on any atom is -0.652 e. The molecule has 0 atom stereocenters. The van der Waals surface area contributed by atoms with Crippen molar-refractivity contribution in [2.24, 2.45) is 0 Å². The van der Waals surface area contributed by atoms with Crippen LogP contribution in [0.25, 0.3) is 0 Å². The molecule has 72 valence electrons. The van der Waals surface area contributed by atoms with Crippen molar-refractivity contribution in [3.63, 3.8) is 0 Å². The van der Waals surface area contributed by atoms with Crippen molar-refractivity contribution in [3.8, 4) is 0 Å². The second kappa shape index (κ2) is 16.9. The van der Waals surface area contributed by atoms with E-state index in [2.05, 4.69) is 0 Å². The zero-order valence-corrected chi connectivity index (χ0v) is 8.12. The number of rotatable bonds is 0. The fourth-order valence-electron chi connectivity index (χ4n) is 0. The van der Waals surface area contributed by atoms with Gasteiger partial charge in [0.2, 0.25) is 0 Å². The molecule has 0 rings (SSSR count). The van der Waals surface area contributed by atoms with E-state index in [0.29, 0.717) is 0 Å². The molecule has 0 aliphatic rings. The van der Waals surface area contributed by atoms with Gasteiger partial charge in [0.25, 0.3) is 5.09 Å². The first-order valence-corrected chi connectivity index (χ1v) is 1.79. The van der Waals surface area contributed by atoms with Crippen LogP contribution in [0.3, 0.4) is 0 Å². The van der Waals surface area contributed by atoms with E-state index in [1.54, 1.807) is 0 Å². The second-order valence-corrected chi connectivity index (χ2v) is 0.738. The fraction of sp³-hybridized carbons (Fsp3) is 0. The van der Waals surface area contributed by atoms with E-state index in [1.165, 1.54) is 0 Å². The molecule has 0 unspecified atom stereocenters. The molecule has 0 spiro atoms. The Labute approximate surface area is 89.3 Å². The minimum absolute atomic E-state index is 0. The normalized spacial score (nSPS) is 5.54. The van der Waals surface area contributed by atoms with Gasteiger partial charge in [-0.3, -0.25) is 0 Å². The van der Waals surface area contributed by atoms with E-state index in [9.17, 15) is 0 Å². The molecule has 0 bridgehead atoms. The van der Waals surface area contributed by atoms with Gasteiger partial charge in [0.1, 0.15) is 0 Å². The minimum atomic E-state index is -2.33. The number of carbonyl (C=O) groups is 2. The Morgan fingerprint density at radius 1 is 1.00 bits per heavy atom. The average molecular weight is 274 g/mol. The van der Waals surface area contributed by atoms with E-state index in [-0.39, 0.29) is 26.2 Å². The SMILES string of the molecule is O=C([O-])[O-].O=C([O-])[O-].O=[N+]([O-])O.[Zr+4]. The van der Waals surface area contributed by atoms with Crippen LogP contribution in [0, 0.1) is 10.1 Å². The average Bonchev–Trinajstić information content (AvgIpc) is 1.54. The molecule has 0 aromatic heterocycles. The maximum absolute atomic E-state index is 8.36. The second-order valence-electron chi connectivity index (χ2n) is 0.738. The van der Waals surface area contributed by atoms with Crippen LogP contribution < -0.4 is 20.4 Å². The van der Waals surface area contributed by atoms with Crippen molar-refractivity contribution >= 4 is 12.3 Å². The fourth-order valence-corrected chi connectivity index (χ4v) is 0. The van der Waals surface area contributed by atoms with Crippen LogP contribution in [0.2, 0.25) is 0 Å². The van der Waals surface area contributed by atoms with E-state index in [0.717, 1.165) is 0 Å². The molecule has 0 aliphatic heterocycles. The van der Waals surface area contributed by atoms with Gasteiger partial charge in [0.05, 0.1) is 0 Å². The van der Waals surface area contributed by atoms with Crippen LogP contribution in [-0.2, 0) is 26.2 Å². The van der Waals surface area contributed by atoms with Gasteiger partial charge in [-0.05, 0) is 12.3 Å². The summed E-state index contributed by atoms with van der Waals surface area (Å²) in [6, 6.07) is 0. The van der Waals surface area contributed by atoms with Crippen LogP contribution >= 0.6 is 0 Å². The van der Waals surface area contributed by atoms with Gasteiger partial charge in [-0.1, -0.05) is 0 Å². The third kappa shape index (κ3) is 417. The smallest absolute Gasteiger partial charge is 0.652 e. The van der Waals surface area contributed by atoms with Crippen molar-refractivity contribution in [2.45, 2.75) is 0 Å². The Balaban J connectivity index is -0.0000000450. The number of hydrogen-bond donors (Lipinski definition) is 1. The first kappa shape index (κ1) is 22.6. The molecule has 0 aromatic carbocycles. The molecule has 0 aromatic rings. The maximum atomic E-state index is 8.36. The maximum Gasteiger partial charge on any atom is 4.00 e. The molecule has 0 saturated heterocycles. The molecule has 0 radical (unpaired) electrons. The Kier molecular flexibility index (Phi) is 29.4. The molecule has 0 saturated carbocycles. The molecule has 0 amide bonds. The third-order valence-electron chi connectivity index (χ3n) is 0. The van der Waals surface area contributed by atoms with Crippen molar-refractivity contribution in [1.29, 1.82) is 0 Å². The van der Waals surface area contributed by atoms with Crippen LogP contribution in [-0.4, -0.2) is 22.6 Å². The van der Waals surface area contributed by atoms with Gasteiger partial charge in [-0.25, -0.2) is 0 Å². The summed E-state index contributed by atoms with van der Waals surface area (Å²) in [7, 11) is 0. The Morgan fingerprint density at radius 3 is 1.00 bits per heavy atom. The number of nitrogens with zero attached hydrogens (tertiary/aromatic N) is 1. The van der Waals surface area contributed by atoms with Crippen LogP contribution in [0.1, 0.15) is 0 Å². The van der Waals surface area contributed by atoms with Gasteiger partial charge < -0.3 is 35.2 Å². The Hall–Kier alpha value is -1.38. The van der Waals surface area contributed by atoms with Crippen molar-refractivity contribution in [3.05, 3.63) is 10.1 Å². The third-order valence-corrected chi connectivity index (χ3v) is 0. The summed E-state index contributed by atoms with van der Waals surface area (Å²) in [5, 5.41) is 47.0. The molecule has 0 heterocycles. The zero-order valence-electron chi connectivity index (χ0n) is 5.66. The standard InChI is InChI=1S/2CH2O3.HNO3.Zr/c3*2-1(3)4;/h2*(H2,2,3,4);(H,2,3,4);/q;;;+4/p-4. The van der Waals surface area contributed by atoms with Gasteiger partial charge in [0.15, 0.2) is 0 Å². The van der Waals surface area contributed by atoms with E-state index >= 15 is 0 Å². The predicted molar refractivity (Wildman–Crippen MR) is 19.6 cm³/mol. The molecule has 11 heteroatoms. The van der Waals surface area contributed by atoms with Gasteiger partial charge >= 0.3 is 26.2 Å². The van der Waals surface area contributed by atoms with Crippen LogP contribution in [0.5, 0.6) is 0 Å². The molecule has 1 N–H and O–H groups in total. The molecule has 13 heavy (non-hydrogen) atoms. The summed E-state index contributed by atoms with van der Waals surface area (Å²) in [6.07, 6.45) is -4.67. The van der Waals surface area contributed by atoms with E-state index in [4.69, 9.17) is 45.3 Å². The van der Waals surface area contributed by atoms with Gasteiger partial charge in [-0.2, -0.15) is 0 Å². The first-order valence-electron chi connectivity index (χ1n) is 1.79. The summed E-state index contributed by atoms with van der Waals surface area (Å²) in [5.74, 6) is 0. The Morgan fingerprint density at radius 2 is 1.00 bits per heavy atom. The quantitative estimate of drug-likeness (QED) is 0.332. The van der Waals surface area contributed by atoms with Crippen LogP contribution in [0.4, 0.5) is 9.59 Å². The van der Waals surface area contributed by atoms with Crippen molar-refractivity contribution < 1.29 is 66.5 Å². The topological polar surface area (TPSA) is 190 Å². The van der Waals surface area contributed by atoms with E-state index in [1.807, 2.05) is 0 Å². The van der Waals surface area contributed by atoms with Gasteiger partial charge in [0, 0.05) is 0 Å². The van der Waals surface area contributed by atoms with Crippen molar-refractivity contribution in [2.75, 3.05) is 0 Å². The molecular weight excluding hydrogens is 273 g/mol. The summed E-state index contributed by atoms with van der Waals surface area (Å²) >= 11 is 0. The summed E-state index contributed by atoms with van der Waals surface area (Å²) in [6.45, 7) is 0. The van der Waals surface area contributed by atoms with Gasteiger partial charge in [-0.15, -0.1) is 10.1 Å².